The molecule has 0 bridgehead atoms. The number of benzene rings is 2. The van der Waals surface area contributed by atoms with Gasteiger partial charge in [-0.1, -0.05) is 58.2 Å². The number of anilines is 1. The quantitative estimate of drug-likeness (QED) is 0.358. The van der Waals surface area contributed by atoms with Crippen LogP contribution in [0.15, 0.2) is 46.9 Å². The maximum absolute atomic E-state index is 13.3. The molecule has 2 aromatic rings. The maximum Gasteiger partial charge on any atom is 0.242 e. The van der Waals surface area contributed by atoms with Crippen molar-refractivity contribution in [2.75, 3.05) is 23.7 Å². The lowest BCUT2D eigenvalue weighted by Gasteiger charge is -2.29. The van der Waals surface area contributed by atoms with Gasteiger partial charge in [-0.05, 0) is 55.7 Å². The molecule has 0 aliphatic rings. The second-order valence-corrected chi connectivity index (χ2v) is 11.8. The van der Waals surface area contributed by atoms with Crippen molar-refractivity contribution in [3.8, 4) is 0 Å². The molecule has 0 heterocycles. The minimum atomic E-state index is -3.67. The Hall–Kier alpha value is -1.81. The Kier molecular flexibility index (Phi) is 11.3. The predicted octanol–water partition coefficient (Wildman–Crippen LogP) is 5.25. The molecule has 2 aromatic carbocycles. The number of amides is 2. The van der Waals surface area contributed by atoms with Gasteiger partial charge < -0.3 is 10.2 Å². The summed E-state index contributed by atoms with van der Waals surface area (Å²) in [5.74, 6) is -0.492. The van der Waals surface area contributed by atoms with Gasteiger partial charge in [0, 0.05) is 35.6 Å². The highest BCUT2D eigenvalue weighted by atomic mass is 79.9. The van der Waals surface area contributed by atoms with E-state index >= 15 is 0 Å². The van der Waals surface area contributed by atoms with E-state index in [-0.39, 0.29) is 48.5 Å². The number of nitrogens with one attached hydrogen (secondary N) is 1. The first-order valence-electron chi connectivity index (χ1n) is 11.2. The van der Waals surface area contributed by atoms with E-state index in [1.165, 1.54) is 17.0 Å². The van der Waals surface area contributed by atoms with Crippen LogP contribution in [0.1, 0.15) is 38.7 Å². The molecule has 0 fully saturated rings. The second-order valence-electron chi connectivity index (χ2n) is 8.15. The van der Waals surface area contributed by atoms with Crippen molar-refractivity contribution in [3.05, 3.63) is 62.5 Å². The number of carbonyl (C=O) groups excluding carboxylic acids is 2. The van der Waals surface area contributed by atoms with E-state index < -0.39 is 16.1 Å². The van der Waals surface area contributed by atoms with Gasteiger partial charge in [0.1, 0.15) is 6.04 Å². The van der Waals surface area contributed by atoms with E-state index in [0.717, 1.165) is 27.0 Å². The smallest absolute Gasteiger partial charge is 0.242 e. The van der Waals surface area contributed by atoms with Crippen LogP contribution >= 0.6 is 39.1 Å². The minimum Gasteiger partial charge on any atom is -0.354 e. The predicted molar refractivity (Wildman–Crippen MR) is 145 cm³/mol. The van der Waals surface area contributed by atoms with Crippen molar-refractivity contribution in [2.24, 2.45) is 0 Å². The normalized spacial score (nSPS) is 12.2. The maximum atomic E-state index is 13.3. The summed E-state index contributed by atoms with van der Waals surface area (Å²) in [5, 5.41) is 3.42. The zero-order valence-electron chi connectivity index (χ0n) is 19.9. The topological polar surface area (TPSA) is 86.8 Å². The molecule has 0 radical (unpaired) electrons. The Morgan fingerprint density at radius 1 is 1.14 bits per heavy atom. The zero-order valence-corrected chi connectivity index (χ0v) is 23.8. The van der Waals surface area contributed by atoms with Crippen LogP contribution in [-0.2, 0) is 26.2 Å². The summed E-state index contributed by atoms with van der Waals surface area (Å²) in [6, 6.07) is 11.4. The Morgan fingerprint density at radius 3 is 2.49 bits per heavy atom. The first-order valence-corrected chi connectivity index (χ1v) is 14.6. The fourth-order valence-electron chi connectivity index (χ4n) is 3.47. The van der Waals surface area contributed by atoms with Crippen LogP contribution in [0, 0.1) is 0 Å². The summed E-state index contributed by atoms with van der Waals surface area (Å²) in [5.41, 5.74) is 1.12. The standard InChI is InChI=1S/C24H30BrCl2N3O4S/c1-4-12-28-24(32)17(2)29(16-18-7-5-8-19(25)14-18)23(31)9-6-13-30(35(3,33)34)22-15-20(26)10-11-21(22)27/h5,7-8,10-11,14-15,17H,4,6,9,12-13,16H2,1-3H3,(H,28,32)/t17-/m0/s1. The third-order valence-corrected chi connectivity index (χ3v) is 7.52. The number of nitrogens with zero attached hydrogens (tertiary/aromatic N) is 2. The van der Waals surface area contributed by atoms with Crippen LogP contribution in [-0.4, -0.2) is 50.5 Å². The molecular formula is C24H30BrCl2N3O4S. The van der Waals surface area contributed by atoms with Gasteiger partial charge >= 0.3 is 0 Å². The first kappa shape index (κ1) is 29.4. The van der Waals surface area contributed by atoms with E-state index in [1.807, 2.05) is 31.2 Å². The Labute approximate surface area is 225 Å². The number of halogens is 3. The summed E-state index contributed by atoms with van der Waals surface area (Å²) in [7, 11) is -3.67. The largest absolute Gasteiger partial charge is 0.354 e. The van der Waals surface area contributed by atoms with Crippen LogP contribution in [0.5, 0.6) is 0 Å². The minimum absolute atomic E-state index is 0.0335. The number of carbonyl (C=O) groups is 2. The van der Waals surface area contributed by atoms with Crippen molar-refractivity contribution in [2.45, 2.75) is 45.7 Å². The molecule has 0 spiro atoms. The monoisotopic (exact) mass is 605 g/mol. The van der Waals surface area contributed by atoms with E-state index in [9.17, 15) is 18.0 Å². The molecule has 0 saturated carbocycles. The lowest BCUT2D eigenvalue weighted by atomic mass is 10.1. The molecule has 1 N–H and O–H groups in total. The van der Waals surface area contributed by atoms with E-state index in [2.05, 4.69) is 21.2 Å². The van der Waals surface area contributed by atoms with Crippen molar-refractivity contribution in [1.29, 1.82) is 0 Å². The molecule has 0 saturated heterocycles. The third kappa shape index (κ3) is 8.97. The van der Waals surface area contributed by atoms with Crippen LogP contribution in [0.2, 0.25) is 10.0 Å². The zero-order chi connectivity index (χ0) is 26.2. The number of hydrogen-bond acceptors (Lipinski definition) is 4. The molecule has 0 aliphatic heterocycles. The molecule has 192 valence electrons. The lowest BCUT2D eigenvalue weighted by Crippen LogP contribution is -2.47. The molecular weight excluding hydrogens is 577 g/mol. The first-order chi connectivity index (χ1) is 16.4. The van der Waals surface area contributed by atoms with Gasteiger partial charge in [0.25, 0.3) is 0 Å². The van der Waals surface area contributed by atoms with Crippen LogP contribution in [0.4, 0.5) is 5.69 Å². The molecule has 7 nitrogen and oxygen atoms in total. The molecule has 1 atom stereocenters. The number of rotatable bonds is 12. The van der Waals surface area contributed by atoms with Crippen molar-refractivity contribution >= 4 is 66.7 Å². The van der Waals surface area contributed by atoms with Gasteiger partial charge in [-0.3, -0.25) is 13.9 Å². The third-order valence-electron chi connectivity index (χ3n) is 5.29. The molecule has 11 heteroatoms. The number of hydrogen-bond donors (Lipinski definition) is 1. The van der Waals surface area contributed by atoms with E-state index in [0.29, 0.717) is 11.6 Å². The molecule has 0 aliphatic carbocycles. The van der Waals surface area contributed by atoms with Crippen LogP contribution in [0.3, 0.4) is 0 Å². The summed E-state index contributed by atoms with van der Waals surface area (Å²) in [6.07, 6.45) is 2.13. The van der Waals surface area contributed by atoms with Crippen molar-refractivity contribution in [3.63, 3.8) is 0 Å². The van der Waals surface area contributed by atoms with E-state index in [4.69, 9.17) is 23.2 Å². The van der Waals surface area contributed by atoms with Gasteiger partial charge in [0.2, 0.25) is 21.8 Å². The molecule has 2 amide bonds. The molecule has 2 rings (SSSR count). The average molecular weight is 607 g/mol. The fourth-order valence-corrected chi connectivity index (χ4v) is 5.32. The fraction of sp³-hybridized carbons (Fsp3) is 0.417. The summed E-state index contributed by atoms with van der Waals surface area (Å²) >= 11 is 15.7. The highest BCUT2D eigenvalue weighted by molar-refractivity contribution is 9.10. The van der Waals surface area contributed by atoms with Crippen LogP contribution < -0.4 is 9.62 Å². The summed E-state index contributed by atoms with van der Waals surface area (Å²) in [4.78, 5) is 27.4. The average Bonchev–Trinajstić information content (AvgIpc) is 2.79. The van der Waals surface area contributed by atoms with Crippen molar-refractivity contribution < 1.29 is 18.0 Å². The second kappa shape index (κ2) is 13.5. The van der Waals surface area contributed by atoms with Gasteiger partial charge in [0.15, 0.2) is 0 Å². The van der Waals surface area contributed by atoms with Gasteiger partial charge in [0.05, 0.1) is 17.0 Å². The SMILES string of the molecule is CCCNC(=O)[C@H](C)N(Cc1cccc(Br)c1)C(=O)CCCN(c1cc(Cl)ccc1Cl)S(C)(=O)=O. The molecule has 35 heavy (non-hydrogen) atoms. The lowest BCUT2D eigenvalue weighted by molar-refractivity contribution is -0.140. The Balaban J connectivity index is 2.19. The highest BCUT2D eigenvalue weighted by Gasteiger charge is 2.27. The van der Waals surface area contributed by atoms with Gasteiger partial charge in [-0.15, -0.1) is 0 Å². The summed E-state index contributed by atoms with van der Waals surface area (Å²) < 4.78 is 26.9. The summed E-state index contributed by atoms with van der Waals surface area (Å²) in [6.45, 7) is 4.44. The van der Waals surface area contributed by atoms with Gasteiger partial charge in [-0.25, -0.2) is 8.42 Å². The van der Waals surface area contributed by atoms with Crippen LogP contribution in [0.25, 0.3) is 0 Å². The van der Waals surface area contributed by atoms with Crippen molar-refractivity contribution in [1.82, 2.24) is 10.2 Å². The Bertz CT molecular complexity index is 1150. The highest BCUT2D eigenvalue weighted by Crippen LogP contribution is 2.31. The number of sulfonamides is 1. The molecule has 0 unspecified atom stereocenters. The van der Waals surface area contributed by atoms with Gasteiger partial charge in [-0.2, -0.15) is 0 Å². The Morgan fingerprint density at radius 2 is 1.86 bits per heavy atom. The molecule has 0 aromatic heterocycles. The van der Waals surface area contributed by atoms with E-state index in [1.54, 1.807) is 13.0 Å².